The number of aryl methyl sites for hydroxylation is 2. The number of fused-ring (bicyclic) bond motifs is 2. The van der Waals surface area contributed by atoms with Crippen molar-refractivity contribution in [1.29, 1.82) is 0 Å². The molecule has 0 unspecified atom stereocenters. The highest BCUT2D eigenvalue weighted by molar-refractivity contribution is 7.99. The number of rotatable bonds is 4. The number of halogens is 2. The lowest BCUT2D eigenvalue weighted by atomic mass is 10.2. The smallest absolute Gasteiger partial charge is 0.196 e. The summed E-state index contributed by atoms with van der Waals surface area (Å²) in [6.45, 7) is 5.21. The lowest BCUT2D eigenvalue weighted by Gasteiger charge is -2.19. The van der Waals surface area contributed by atoms with E-state index in [1.165, 1.54) is 23.9 Å². The Labute approximate surface area is 193 Å². The predicted octanol–water partition coefficient (Wildman–Crippen LogP) is 3.84. The number of nitrogens with zero attached hydrogens (tertiary/aromatic N) is 5. The fraction of sp³-hybridized carbons (Fsp3) is 0.333. The number of nitrogen functional groups attached to an aromatic ring is 1. The summed E-state index contributed by atoms with van der Waals surface area (Å²) >= 11 is 7.89. The molecule has 4 aromatic rings. The molecule has 0 radical (unpaired) electrons. The van der Waals surface area contributed by atoms with Crippen LogP contribution in [0.1, 0.15) is 24.9 Å². The Morgan fingerprint density at radius 2 is 2.06 bits per heavy atom. The van der Waals surface area contributed by atoms with Crippen LogP contribution in [0.3, 0.4) is 0 Å². The van der Waals surface area contributed by atoms with Crippen LogP contribution in [-0.4, -0.2) is 44.1 Å². The average Bonchev–Trinajstić information content (AvgIpc) is 3.29. The highest BCUT2D eigenvalue weighted by Gasteiger charge is 2.26. The quantitative estimate of drug-likeness (QED) is 0.383. The molecule has 166 valence electrons. The van der Waals surface area contributed by atoms with E-state index in [0.29, 0.717) is 44.0 Å². The number of aromatic amines is 1. The molecule has 1 aliphatic heterocycles. The molecule has 1 aliphatic rings. The molecule has 0 bridgehead atoms. The van der Waals surface area contributed by atoms with E-state index in [9.17, 15) is 4.39 Å². The van der Waals surface area contributed by atoms with E-state index in [2.05, 4.69) is 24.8 Å². The third kappa shape index (κ3) is 3.62. The topological polar surface area (TPSA) is 123 Å². The molecule has 0 saturated carbocycles. The SMILES string of the molecule is CCc1[nH]c2nc(Sc3cc(F)cc4nc(C)nc(N)c34)nc(N3CC[C@@H](N)C3)c2c1Cl. The second kappa shape index (κ2) is 8.02. The third-order valence-corrected chi connectivity index (χ3v) is 6.89. The van der Waals surface area contributed by atoms with Gasteiger partial charge < -0.3 is 21.4 Å². The van der Waals surface area contributed by atoms with Crippen LogP contribution >= 0.6 is 23.4 Å². The number of aromatic nitrogens is 5. The number of hydrogen-bond acceptors (Lipinski definition) is 8. The first-order chi connectivity index (χ1) is 15.3. The number of nitrogens with two attached hydrogens (primary N) is 2. The van der Waals surface area contributed by atoms with Crippen molar-refractivity contribution >= 4 is 56.9 Å². The molecule has 32 heavy (non-hydrogen) atoms. The highest BCUT2D eigenvalue weighted by atomic mass is 35.5. The third-order valence-electron chi connectivity index (χ3n) is 5.57. The number of anilines is 2. The van der Waals surface area contributed by atoms with Gasteiger partial charge in [0.2, 0.25) is 0 Å². The van der Waals surface area contributed by atoms with Gasteiger partial charge >= 0.3 is 0 Å². The van der Waals surface area contributed by atoms with Crippen molar-refractivity contribution in [3.05, 3.63) is 34.5 Å². The molecule has 8 nitrogen and oxygen atoms in total. The molecule has 1 atom stereocenters. The van der Waals surface area contributed by atoms with Crippen molar-refractivity contribution in [3.8, 4) is 0 Å². The second-order valence-corrected chi connectivity index (χ2v) is 9.26. The predicted molar refractivity (Wildman–Crippen MR) is 126 cm³/mol. The van der Waals surface area contributed by atoms with Gasteiger partial charge in [0.25, 0.3) is 0 Å². The van der Waals surface area contributed by atoms with Crippen molar-refractivity contribution in [3.63, 3.8) is 0 Å². The van der Waals surface area contributed by atoms with Crippen LogP contribution < -0.4 is 16.4 Å². The van der Waals surface area contributed by atoms with E-state index in [0.717, 1.165) is 36.3 Å². The molecule has 0 aliphatic carbocycles. The summed E-state index contributed by atoms with van der Waals surface area (Å²) in [6.07, 6.45) is 1.61. The molecular weight excluding hydrogens is 451 g/mol. The normalized spacial score (nSPS) is 16.5. The summed E-state index contributed by atoms with van der Waals surface area (Å²) in [4.78, 5) is 24.1. The molecule has 11 heteroatoms. The van der Waals surface area contributed by atoms with Crippen LogP contribution in [0, 0.1) is 12.7 Å². The van der Waals surface area contributed by atoms with Gasteiger partial charge in [-0.2, -0.15) is 0 Å². The maximum atomic E-state index is 14.4. The van der Waals surface area contributed by atoms with E-state index < -0.39 is 5.82 Å². The highest BCUT2D eigenvalue weighted by Crippen LogP contribution is 2.39. The van der Waals surface area contributed by atoms with E-state index in [1.54, 1.807) is 6.92 Å². The molecule has 5 N–H and O–H groups in total. The van der Waals surface area contributed by atoms with Gasteiger partial charge in [-0.3, -0.25) is 0 Å². The number of hydrogen-bond donors (Lipinski definition) is 3. The zero-order chi connectivity index (χ0) is 22.6. The number of nitrogens with one attached hydrogen (secondary N) is 1. The number of H-pyrrole nitrogens is 1. The van der Waals surface area contributed by atoms with E-state index in [4.69, 9.17) is 28.1 Å². The molecular formula is C21H22ClFN8S. The van der Waals surface area contributed by atoms with Gasteiger partial charge in [-0.05, 0) is 37.6 Å². The zero-order valence-electron chi connectivity index (χ0n) is 17.6. The summed E-state index contributed by atoms with van der Waals surface area (Å²) in [6, 6.07) is 2.83. The Balaban J connectivity index is 1.67. The van der Waals surface area contributed by atoms with E-state index in [-0.39, 0.29) is 11.9 Å². The monoisotopic (exact) mass is 472 g/mol. The maximum Gasteiger partial charge on any atom is 0.196 e. The molecule has 4 heterocycles. The fourth-order valence-corrected chi connectivity index (χ4v) is 5.39. The van der Waals surface area contributed by atoms with Crippen LogP contribution in [0.15, 0.2) is 22.2 Å². The van der Waals surface area contributed by atoms with E-state index in [1.807, 2.05) is 6.92 Å². The lowest BCUT2D eigenvalue weighted by Crippen LogP contribution is -2.27. The van der Waals surface area contributed by atoms with Gasteiger partial charge in [0.05, 0.1) is 21.3 Å². The van der Waals surface area contributed by atoms with Crippen LogP contribution in [0.4, 0.5) is 16.0 Å². The Hall–Kier alpha value is -2.69. The van der Waals surface area contributed by atoms with Gasteiger partial charge in [-0.25, -0.2) is 24.3 Å². The zero-order valence-corrected chi connectivity index (χ0v) is 19.2. The van der Waals surface area contributed by atoms with Crippen molar-refractivity contribution < 1.29 is 4.39 Å². The standard InChI is InChI=1S/C21H22ClFN8S/c1-3-12-17(22)16-19(28-12)29-21(30-20(16)31-5-4-11(24)8-31)32-14-7-10(23)6-13-15(14)18(25)27-9(2)26-13/h6-7,11H,3-5,8,24H2,1-2H3,(H2,25,26,27)(H,28,29,30)/t11-/m1/s1. The first-order valence-electron chi connectivity index (χ1n) is 10.3. The summed E-state index contributed by atoms with van der Waals surface area (Å²) in [5.41, 5.74) is 14.3. The largest absolute Gasteiger partial charge is 0.383 e. The van der Waals surface area contributed by atoms with Crippen LogP contribution in [0.2, 0.25) is 5.02 Å². The van der Waals surface area contributed by atoms with E-state index >= 15 is 0 Å². The molecule has 5 rings (SSSR count). The average molecular weight is 473 g/mol. The molecule has 1 aromatic carbocycles. The minimum atomic E-state index is -0.416. The van der Waals surface area contributed by atoms with Gasteiger partial charge in [-0.1, -0.05) is 18.5 Å². The maximum absolute atomic E-state index is 14.4. The first-order valence-corrected chi connectivity index (χ1v) is 11.5. The van der Waals surface area contributed by atoms with Gasteiger partial charge in [0, 0.05) is 35.8 Å². The lowest BCUT2D eigenvalue weighted by molar-refractivity contribution is 0.626. The van der Waals surface area contributed by atoms with Crippen molar-refractivity contribution in [1.82, 2.24) is 24.9 Å². The Morgan fingerprint density at radius 3 is 2.78 bits per heavy atom. The summed E-state index contributed by atoms with van der Waals surface area (Å²) in [7, 11) is 0. The Morgan fingerprint density at radius 1 is 1.25 bits per heavy atom. The molecule has 0 amide bonds. The van der Waals surface area contributed by atoms with Gasteiger partial charge in [0.15, 0.2) is 5.16 Å². The Kier molecular flexibility index (Phi) is 5.31. The summed E-state index contributed by atoms with van der Waals surface area (Å²) < 4.78 is 14.4. The van der Waals surface area contributed by atoms with Crippen LogP contribution in [0.5, 0.6) is 0 Å². The molecule has 1 saturated heterocycles. The molecule has 0 spiro atoms. The summed E-state index contributed by atoms with van der Waals surface area (Å²) in [5, 5.41) is 2.43. The molecule has 1 fully saturated rings. The van der Waals surface area contributed by atoms with Crippen LogP contribution in [-0.2, 0) is 6.42 Å². The van der Waals surface area contributed by atoms with Crippen molar-refractivity contribution in [2.45, 2.75) is 42.8 Å². The first kappa shape index (κ1) is 21.2. The fourth-order valence-electron chi connectivity index (χ4n) is 4.09. The Bertz CT molecular complexity index is 1350. The number of benzene rings is 1. The van der Waals surface area contributed by atoms with Gasteiger partial charge in [0.1, 0.15) is 28.9 Å². The van der Waals surface area contributed by atoms with Crippen molar-refractivity contribution in [2.24, 2.45) is 5.73 Å². The molecule has 3 aromatic heterocycles. The second-order valence-electron chi connectivity index (χ2n) is 7.88. The van der Waals surface area contributed by atoms with Crippen molar-refractivity contribution in [2.75, 3.05) is 23.7 Å². The van der Waals surface area contributed by atoms with Crippen LogP contribution in [0.25, 0.3) is 21.9 Å². The summed E-state index contributed by atoms with van der Waals surface area (Å²) in [5.74, 6) is 1.08. The minimum absolute atomic E-state index is 0.0758. The van der Waals surface area contributed by atoms with Gasteiger partial charge in [-0.15, -0.1) is 0 Å². The minimum Gasteiger partial charge on any atom is -0.383 e.